The Morgan fingerprint density at radius 3 is 2.69 bits per heavy atom. The molecular formula is C12H20N2O2. The summed E-state index contributed by atoms with van der Waals surface area (Å²) in [6.07, 6.45) is 2.55. The number of ether oxygens (including phenoxy) is 1. The van der Waals surface area contributed by atoms with Gasteiger partial charge in [-0.2, -0.15) is 5.26 Å². The molecule has 1 aliphatic carbocycles. The molecule has 16 heavy (non-hydrogen) atoms. The topological polar surface area (TPSA) is 53.3 Å². The standard InChI is InChI=1S/C12H20N2O2/c1-12(2,9-13)11(15)14(3)6-7-16-8-10-4-5-10/h10H,4-8H2,1-3H3. The molecular weight excluding hydrogens is 204 g/mol. The van der Waals surface area contributed by atoms with E-state index in [9.17, 15) is 4.79 Å². The summed E-state index contributed by atoms with van der Waals surface area (Å²) in [6, 6.07) is 2.01. The Hall–Kier alpha value is -1.08. The molecule has 0 saturated heterocycles. The van der Waals surface area contributed by atoms with E-state index in [4.69, 9.17) is 10.00 Å². The van der Waals surface area contributed by atoms with Crippen molar-refractivity contribution in [1.82, 2.24) is 4.90 Å². The molecule has 0 aliphatic heterocycles. The van der Waals surface area contributed by atoms with Gasteiger partial charge >= 0.3 is 0 Å². The number of carbonyl (C=O) groups is 1. The lowest BCUT2D eigenvalue weighted by molar-refractivity contribution is -0.136. The molecule has 0 N–H and O–H groups in total. The summed E-state index contributed by atoms with van der Waals surface area (Å²) in [6.45, 7) is 5.19. The van der Waals surface area contributed by atoms with Crippen molar-refractivity contribution in [1.29, 1.82) is 5.26 Å². The molecule has 1 saturated carbocycles. The predicted molar refractivity (Wildman–Crippen MR) is 60.6 cm³/mol. The van der Waals surface area contributed by atoms with Gasteiger partial charge < -0.3 is 9.64 Å². The van der Waals surface area contributed by atoms with Crippen molar-refractivity contribution in [2.24, 2.45) is 11.3 Å². The number of amides is 1. The van der Waals surface area contributed by atoms with Crippen LogP contribution in [0.25, 0.3) is 0 Å². The first kappa shape index (κ1) is 13.0. The van der Waals surface area contributed by atoms with E-state index < -0.39 is 5.41 Å². The largest absolute Gasteiger partial charge is 0.379 e. The second-order valence-corrected chi connectivity index (χ2v) is 4.98. The molecule has 90 valence electrons. The lowest BCUT2D eigenvalue weighted by Crippen LogP contribution is -2.39. The van der Waals surface area contributed by atoms with Gasteiger partial charge in [0.1, 0.15) is 5.41 Å². The Labute approximate surface area is 97.2 Å². The van der Waals surface area contributed by atoms with Crippen molar-refractivity contribution in [3.8, 4) is 6.07 Å². The first-order valence-corrected chi connectivity index (χ1v) is 5.72. The van der Waals surface area contributed by atoms with Gasteiger partial charge in [0, 0.05) is 20.2 Å². The van der Waals surface area contributed by atoms with Crippen molar-refractivity contribution in [2.45, 2.75) is 26.7 Å². The van der Waals surface area contributed by atoms with Crippen LogP contribution >= 0.6 is 0 Å². The molecule has 0 bridgehead atoms. The van der Waals surface area contributed by atoms with Gasteiger partial charge in [0.15, 0.2) is 0 Å². The minimum absolute atomic E-state index is 0.148. The van der Waals surface area contributed by atoms with Gasteiger partial charge in [0.2, 0.25) is 5.91 Å². The Balaban J connectivity index is 2.20. The van der Waals surface area contributed by atoms with E-state index in [0.717, 1.165) is 12.5 Å². The molecule has 0 heterocycles. The van der Waals surface area contributed by atoms with Crippen molar-refractivity contribution >= 4 is 5.91 Å². The van der Waals surface area contributed by atoms with Crippen LogP contribution in [0, 0.1) is 22.7 Å². The Morgan fingerprint density at radius 2 is 2.19 bits per heavy atom. The van der Waals surface area contributed by atoms with Gasteiger partial charge in [0.25, 0.3) is 0 Å². The molecule has 0 aromatic carbocycles. The van der Waals surface area contributed by atoms with E-state index in [-0.39, 0.29) is 5.91 Å². The van der Waals surface area contributed by atoms with E-state index in [1.54, 1.807) is 25.8 Å². The summed E-state index contributed by atoms with van der Waals surface area (Å²) in [7, 11) is 1.71. The molecule has 0 aromatic rings. The van der Waals surface area contributed by atoms with Crippen molar-refractivity contribution in [2.75, 3.05) is 26.8 Å². The van der Waals surface area contributed by atoms with Gasteiger partial charge in [-0.25, -0.2) is 0 Å². The zero-order chi connectivity index (χ0) is 12.2. The zero-order valence-corrected chi connectivity index (χ0v) is 10.3. The highest BCUT2D eigenvalue weighted by atomic mass is 16.5. The molecule has 4 nitrogen and oxygen atoms in total. The highest BCUT2D eigenvalue weighted by Crippen LogP contribution is 2.28. The van der Waals surface area contributed by atoms with Crippen molar-refractivity contribution in [3.63, 3.8) is 0 Å². The van der Waals surface area contributed by atoms with E-state index in [1.165, 1.54) is 12.8 Å². The summed E-state index contributed by atoms with van der Waals surface area (Å²) in [5.74, 6) is 0.599. The van der Waals surface area contributed by atoms with E-state index in [2.05, 4.69) is 0 Å². The van der Waals surface area contributed by atoms with Crippen LogP contribution in [0.3, 0.4) is 0 Å². The monoisotopic (exact) mass is 224 g/mol. The van der Waals surface area contributed by atoms with Gasteiger partial charge in [-0.1, -0.05) is 0 Å². The van der Waals surface area contributed by atoms with Gasteiger partial charge in [-0.15, -0.1) is 0 Å². The SMILES string of the molecule is CN(CCOCC1CC1)C(=O)C(C)(C)C#N. The molecule has 0 spiro atoms. The highest BCUT2D eigenvalue weighted by Gasteiger charge is 2.30. The minimum Gasteiger partial charge on any atom is -0.379 e. The predicted octanol–water partition coefficient (Wildman–Crippen LogP) is 1.42. The fourth-order valence-corrected chi connectivity index (χ4v) is 1.36. The van der Waals surface area contributed by atoms with Crippen LogP contribution in [-0.4, -0.2) is 37.6 Å². The summed E-state index contributed by atoms with van der Waals surface area (Å²) in [4.78, 5) is 13.3. The van der Waals surface area contributed by atoms with Crippen molar-refractivity contribution in [3.05, 3.63) is 0 Å². The maximum Gasteiger partial charge on any atom is 0.242 e. The first-order chi connectivity index (χ1) is 7.47. The van der Waals surface area contributed by atoms with Crippen LogP contribution in [0.1, 0.15) is 26.7 Å². The van der Waals surface area contributed by atoms with Crippen molar-refractivity contribution < 1.29 is 9.53 Å². The third-order valence-corrected chi connectivity index (χ3v) is 2.78. The number of nitriles is 1. The average Bonchev–Trinajstić information content (AvgIpc) is 3.06. The van der Waals surface area contributed by atoms with Crippen LogP contribution in [0.2, 0.25) is 0 Å². The lowest BCUT2D eigenvalue weighted by atomic mass is 9.94. The minimum atomic E-state index is -0.939. The van der Waals surface area contributed by atoms with Gasteiger partial charge in [0.05, 0.1) is 12.7 Å². The average molecular weight is 224 g/mol. The van der Waals surface area contributed by atoms with Gasteiger partial charge in [-0.05, 0) is 32.6 Å². The lowest BCUT2D eigenvalue weighted by Gasteiger charge is -2.23. The molecule has 1 amide bonds. The smallest absolute Gasteiger partial charge is 0.242 e. The molecule has 0 aromatic heterocycles. The molecule has 1 aliphatic rings. The van der Waals surface area contributed by atoms with Crippen LogP contribution < -0.4 is 0 Å². The number of hydrogen-bond acceptors (Lipinski definition) is 3. The summed E-state index contributed by atoms with van der Waals surface area (Å²) in [5, 5.41) is 8.84. The van der Waals surface area contributed by atoms with E-state index >= 15 is 0 Å². The van der Waals surface area contributed by atoms with E-state index in [1.807, 2.05) is 6.07 Å². The van der Waals surface area contributed by atoms with Crippen LogP contribution in [0.5, 0.6) is 0 Å². The fraction of sp³-hybridized carbons (Fsp3) is 0.833. The summed E-state index contributed by atoms with van der Waals surface area (Å²) < 4.78 is 5.45. The number of likely N-dealkylation sites (N-methyl/N-ethyl adjacent to an activating group) is 1. The number of nitrogens with zero attached hydrogens (tertiary/aromatic N) is 2. The van der Waals surface area contributed by atoms with Crippen LogP contribution in [0.4, 0.5) is 0 Å². The highest BCUT2D eigenvalue weighted by molar-refractivity contribution is 5.84. The molecule has 0 radical (unpaired) electrons. The zero-order valence-electron chi connectivity index (χ0n) is 10.3. The number of carbonyl (C=O) groups excluding carboxylic acids is 1. The fourth-order valence-electron chi connectivity index (χ4n) is 1.36. The second-order valence-electron chi connectivity index (χ2n) is 4.98. The third-order valence-electron chi connectivity index (χ3n) is 2.78. The molecule has 4 heteroatoms. The van der Waals surface area contributed by atoms with Gasteiger partial charge in [-0.3, -0.25) is 4.79 Å². The van der Waals surface area contributed by atoms with Crippen LogP contribution in [0.15, 0.2) is 0 Å². The maximum absolute atomic E-state index is 11.8. The Kier molecular flexibility index (Phi) is 4.31. The molecule has 0 unspecified atom stereocenters. The molecule has 0 atom stereocenters. The number of rotatable bonds is 6. The summed E-state index contributed by atoms with van der Waals surface area (Å²) in [5.41, 5.74) is -0.939. The van der Waals surface area contributed by atoms with E-state index in [0.29, 0.717) is 13.2 Å². The third kappa shape index (κ3) is 3.82. The molecule has 1 rings (SSSR count). The Bertz CT molecular complexity index is 290. The summed E-state index contributed by atoms with van der Waals surface area (Å²) >= 11 is 0. The maximum atomic E-state index is 11.8. The normalized spacial score (nSPS) is 15.6. The van der Waals surface area contributed by atoms with Crippen LogP contribution in [-0.2, 0) is 9.53 Å². The first-order valence-electron chi connectivity index (χ1n) is 5.72. The second kappa shape index (κ2) is 5.31. The quantitative estimate of drug-likeness (QED) is 0.641. The molecule has 1 fully saturated rings. The Morgan fingerprint density at radius 1 is 1.56 bits per heavy atom. The number of hydrogen-bond donors (Lipinski definition) is 0.